The second kappa shape index (κ2) is 8.08. The van der Waals surface area contributed by atoms with Crippen LogP contribution in [0.5, 0.6) is 0 Å². The van der Waals surface area contributed by atoms with Crippen molar-refractivity contribution in [3.05, 3.63) is 57.5 Å². The summed E-state index contributed by atoms with van der Waals surface area (Å²) in [5.74, 6) is 0.897. The largest absolute Gasteiger partial charge is 0.332 e. The summed E-state index contributed by atoms with van der Waals surface area (Å²) in [5, 5.41) is 5.30. The van der Waals surface area contributed by atoms with Crippen LogP contribution in [0.1, 0.15) is 27.3 Å². The number of carbonyl (C=O) groups is 1. The van der Waals surface area contributed by atoms with Gasteiger partial charge in [0.15, 0.2) is 0 Å². The number of benzene rings is 1. The normalized spacial score (nSPS) is 22.8. The van der Waals surface area contributed by atoms with Gasteiger partial charge in [0.1, 0.15) is 11.1 Å². The standard InChI is InChI=1S/C18H19FN2OS2.ClH/c19-13-3-1-2-12(10-13)15-11-20-6-7-21(15)18(22)17-14-4-8-23-16(14)5-9-24-17;/h1-4,8,10,15,17,20H,5-7,9,11H2;1H. The summed E-state index contributed by atoms with van der Waals surface area (Å²) in [5.41, 5.74) is 2.04. The van der Waals surface area contributed by atoms with E-state index in [1.807, 2.05) is 11.0 Å². The van der Waals surface area contributed by atoms with Gasteiger partial charge in [0.25, 0.3) is 0 Å². The number of hydrogen-bond acceptors (Lipinski definition) is 4. The monoisotopic (exact) mass is 398 g/mol. The van der Waals surface area contributed by atoms with Crippen molar-refractivity contribution < 1.29 is 9.18 Å². The van der Waals surface area contributed by atoms with Gasteiger partial charge in [-0.15, -0.1) is 35.5 Å². The van der Waals surface area contributed by atoms with Crippen LogP contribution in [-0.4, -0.2) is 36.2 Å². The molecule has 1 aromatic heterocycles. The summed E-state index contributed by atoms with van der Waals surface area (Å²) >= 11 is 3.48. The average molecular weight is 399 g/mol. The highest BCUT2D eigenvalue weighted by Crippen LogP contribution is 2.41. The second-order valence-electron chi connectivity index (χ2n) is 6.11. The summed E-state index contributed by atoms with van der Waals surface area (Å²) in [4.78, 5) is 16.5. The smallest absolute Gasteiger partial charge is 0.240 e. The molecular formula is C18H20ClFN2OS2. The average Bonchev–Trinajstić information content (AvgIpc) is 3.10. The highest BCUT2D eigenvalue weighted by atomic mass is 35.5. The zero-order chi connectivity index (χ0) is 16.5. The maximum absolute atomic E-state index is 13.6. The molecule has 1 fully saturated rings. The van der Waals surface area contributed by atoms with Gasteiger partial charge in [-0.1, -0.05) is 12.1 Å². The molecule has 2 aromatic rings. The van der Waals surface area contributed by atoms with E-state index >= 15 is 0 Å². The van der Waals surface area contributed by atoms with Gasteiger partial charge in [-0.2, -0.15) is 0 Å². The van der Waals surface area contributed by atoms with E-state index < -0.39 is 0 Å². The number of nitrogens with one attached hydrogen (secondary N) is 1. The van der Waals surface area contributed by atoms with Crippen LogP contribution in [0.25, 0.3) is 0 Å². The molecule has 1 saturated heterocycles. The Kier molecular flexibility index (Phi) is 6.04. The zero-order valence-electron chi connectivity index (χ0n) is 13.6. The first-order chi connectivity index (χ1) is 11.7. The van der Waals surface area contributed by atoms with Crippen LogP contribution < -0.4 is 5.32 Å². The Balaban J connectivity index is 0.00000182. The lowest BCUT2D eigenvalue weighted by Gasteiger charge is -2.39. The minimum absolute atomic E-state index is 0. The summed E-state index contributed by atoms with van der Waals surface area (Å²) in [6.07, 6.45) is 1.05. The first kappa shape index (κ1) is 18.7. The molecule has 7 heteroatoms. The van der Waals surface area contributed by atoms with Crippen molar-refractivity contribution in [1.82, 2.24) is 10.2 Å². The molecule has 2 aliphatic rings. The van der Waals surface area contributed by atoms with Gasteiger partial charge < -0.3 is 10.2 Å². The maximum atomic E-state index is 13.6. The fourth-order valence-electron chi connectivity index (χ4n) is 3.48. The van der Waals surface area contributed by atoms with E-state index in [9.17, 15) is 9.18 Å². The number of thiophene rings is 1. The molecule has 2 atom stereocenters. The van der Waals surface area contributed by atoms with Crippen LogP contribution in [0.2, 0.25) is 0 Å². The van der Waals surface area contributed by atoms with E-state index in [2.05, 4.69) is 16.8 Å². The quantitative estimate of drug-likeness (QED) is 0.834. The van der Waals surface area contributed by atoms with Crippen molar-refractivity contribution in [1.29, 1.82) is 0 Å². The number of piperazine rings is 1. The molecule has 0 aliphatic carbocycles. The molecule has 1 amide bonds. The van der Waals surface area contributed by atoms with Crippen LogP contribution in [0, 0.1) is 5.82 Å². The molecule has 1 aromatic carbocycles. The number of nitrogens with zero attached hydrogens (tertiary/aromatic N) is 1. The second-order valence-corrected chi connectivity index (χ2v) is 8.32. The van der Waals surface area contributed by atoms with E-state index in [0.717, 1.165) is 24.3 Å². The minimum Gasteiger partial charge on any atom is -0.332 e. The van der Waals surface area contributed by atoms with Crippen LogP contribution >= 0.6 is 35.5 Å². The highest BCUT2D eigenvalue weighted by molar-refractivity contribution is 8.00. The van der Waals surface area contributed by atoms with E-state index in [-0.39, 0.29) is 35.4 Å². The Labute approximate surface area is 161 Å². The fourth-order valence-corrected chi connectivity index (χ4v) is 5.84. The van der Waals surface area contributed by atoms with Crippen LogP contribution in [0.4, 0.5) is 4.39 Å². The third-order valence-corrected chi connectivity index (χ3v) is 6.89. The van der Waals surface area contributed by atoms with Crippen molar-refractivity contribution >= 4 is 41.4 Å². The van der Waals surface area contributed by atoms with E-state index in [0.29, 0.717) is 13.1 Å². The molecule has 3 heterocycles. The fraction of sp³-hybridized carbons (Fsp3) is 0.389. The van der Waals surface area contributed by atoms with Crippen molar-refractivity contribution in [2.75, 3.05) is 25.4 Å². The lowest BCUT2D eigenvalue weighted by Crippen LogP contribution is -2.50. The van der Waals surface area contributed by atoms with Gasteiger partial charge >= 0.3 is 0 Å². The van der Waals surface area contributed by atoms with Crippen molar-refractivity contribution in [3.63, 3.8) is 0 Å². The molecule has 0 radical (unpaired) electrons. The van der Waals surface area contributed by atoms with Gasteiger partial charge in [-0.25, -0.2) is 4.39 Å². The van der Waals surface area contributed by atoms with Crippen molar-refractivity contribution in [2.45, 2.75) is 17.7 Å². The zero-order valence-corrected chi connectivity index (χ0v) is 16.1. The number of fused-ring (bicyclic) bond motifs is 1. The van der Waals surface area contributed by atoms with E-state index in [4.69, 9.17) is 0 Å². The third-order valence-electron chi connectivity index (χ3n) is 4.66. The van der Waals surface area contributed by atoms with Crippen LogP contribution in [0.3, 0.4) is 0 Å². The summed E-state index contributed by atoms with van der Waals surface area (Å²) in [6.45, 7) is 2.12. The van der Waals surface area contributed by atoms with Crippen molar-refractivity contribution in [2.24, 2.45) is 0 Å². The lowest BCUT2D eigenvalue weighted by atomic mass is 10.0. The van der Waals surface area contributed by atoms with E-state index in [1.165, 1.54) is 16.5 Å². The molecule has 3 nitrogen and oxygen atoms in total. The summed E-state index contributed by atoms with van der Waals surface area (Å²) in [6, 6.07) is 8.60. The summed E-state index contributed by atoms with van der Waals surface area (Å²) in [7, 11) is 0. The van der Waals surface area contributed by atoms with E-state index in [1.54, 1.807) is 35.2 Å². The predicted octanol–water partition coefficient (Wildman–Crippen LogP) is 3.81. The van der Waals surface area contributed by atoms with Crippen molar-refractivity contribution in [3.8, 4) is 0 Å². The molecule has 0 saturated carbocycles. The topological polar surface area (TPSA) is 32.3 Å². The molecular weight excluding hydrogens is 379 g/mol. The lowest BCUT2D eigenvalue weighted by molar-refractivity contribution is -0.134. The minimum atomic E-state index is -0.252. The molecule has 2 unspecified atom stereocenters. The first-order valence-corrected chi connectivity index (χ1v) is 10.1. The molecule has 2 aliphatic heterocycles. The van der Waals surface area contributed by atoms with Gasteiger partial charge in [0, 0.05) is 24.5 Å². The Morgan fingerprint density at radius 1 is 1.32 bits per heavy atom. The molecule has 4 rings (SSSR count). The Morgan fingerprint density at radius 2 is 2.20 bits per heavy atom. The van der Waals surface area contributed by atoms with Gasteiger partial charge in [-0.3, -0.25) is 4.79 Å². The van der Waals surface area contributed by atoms with Crippen LogP contribution in [0.15, 0.2) is 35.7 Å². The van der Waals surface area contributed by atoms with Gasteiger partial charge in [0.05, 0.1) is 6.04 Å². The first-order valence-electron chi connectivity index (χ1n) is 8.18. The number of hydrogen-bond donors (Lipinski definition) is 1. The summed E-state index contributed by atoms with van der Waals surface area (Å²) < 4.78 is 13.6. The van der Waals surface area contributed by atoms with Crippen LogP contribution in [-0.2, 0) is 11.2 Å². The molecule has 1 N–H and O–H groups in total. The molecule has 0 spiro atoms. The third kappa shape index (κ3) is 3.72. The van der Waals surface area contributed by atoms with Gasteiger partial charge in [-0.05, 0) is 46.9 Å². The molecule has 0 bridgehead atoms. The maximum Gasteiger partial charge on any atom is 0.240 e. The van der Waals surface area contributed by atoms with Gasteiger partial charge in [0.2, 0.25) is 5.91 Å². The SMILES string of the molecule is Cl.O=C(C1SCCc2sccc21)N1CCNCC1c1cccc(F)c1. The number of halogens is 2. The number of aryl methyl sites for hydroxylation is 1. The molecule has 134 valence electrons. The number of thioether (sulfide) groups is 1. The number of carbonyl (C=O) groups excluding carboxylic acids is 1. The predicted molar refractivity (Wildman–Crippen MR) is 104 cm³/mol. The Morgan fingerprint density at radius 3 is 3.04 bits per heavy atom. The number of rotatable bonds is 2. The molecule has 25 heavy (non-hydrogen) atoms. The number of amides is 1. The Hall–Kier alpha value is -1.08. The highest BCUT2D eigenvalue weighted by Gasteiger charge is 2.36. The Bertz CT molecular complexity index is 754.